The first-order valence-corrected chi connectivity index (χ1v) is 8.47. The fourth-order valence-electron chi connectivity index (χ4n) is 2.52. The number of hydrogen-bond acceptors (Lipinski definition) is 5. The van der Waals surface area contributed by atoms with Gasteiger partial charge in [0.1, 0.15) is 5.75 Å². The van der Waals surface area contributed by atoms with E-state index < -0.39 is 0 Å². The lowest BCUT2D eigenvalue weighted by Gasteiger charge is -2.01. The molecule has 0 spiro atoms. The summed E-state index contributed by atoms with van der Waals surface area (Å²) < 4.78 is 5.15. The number of methoxy groups -OCH3 is 1. The minimum absolute atomic E-state index is 0.284. The van der Waals surface area contributed by atoms with Crippen molar-refractivity contribution in [3.8, 4) is 17.0 Å². The Bertz CT molecular complexity index is 1040. The largest absolute Gasteiger partial charge is 0.497 e. The summed E-state index contributed by atoms with van der Waals surface area (Å²) in [6.45, 7) is 0. The van der Waals surface area contributed by atoms with Crippen LogP contribution in [0.3, 0.4) is 0 Å². The number of hydrogen-bond donors (Lipinski definition) is 2. The normalized spacial score (nSPS) is 10.8. The highest BCUT2D eigenvalue weighted by Crippen LogP contribution is 2.27. The van der Waals surface area contributed by atoms with Gasteiger partial charge >= 0.3 is 0 Å². The minimum atomic E-state index is -0.284. The van der Waals surface area contributed by atoms with Crippen LogP contribution < -0.4 is 10.1 Å². The number of thiazole rings is 1. The summed E-state index contributed by atoms with van der Waals surface area (Å²) in [5.74, 6) is 0.506. The summed E-state index contributed by atoms with van der Waals surface area (Å²) in [5, 5.41) is 13.0. The molecule has 7 heteroatoms. The highest BCUT2D eigenvalue weighted by molar-refractivity contribution is 7.14. The summed E-state index contributed by atoms with van der Waals surface area (Å²) in [6, 6.07) is 15.1. The third-order valence-corrected chi connectivity index (χ3v) is 4.55. The maximum absolute atomic E-state index is 12.5. The molecule has 4 rings (SSSR count). The van der Waals surface area contributed by atoms with E-state index in [0.29, 0.717) is 10.8 Å². The second-order valence-electron chi connectivity index (χ2n) is 5.34. The van der Waals surface area contributed by atoms with Crippen molar-refractivity contribution in [2.75, 3.05) is 12.4 Å². The van der Waals surface area contributed by atoms with Crippen molar-refractivity contribution in [3.05, 3.63) is 59.6 Å². The molecule has 6 nitrogen and oxygen atoms in total. The molecule has 0 aliphatic heterocycles. The number of nitrogens with one attached hydrogen (secondary N) is 2. The van der Waals surface area contributed by atoms with E-state index in [1.807, 2.05) is 53.9 Å². The number of rotatable bonds is 4. The van der Waals surface area contributed by atoms with Gasteiger partial charge in [0.2, 0.25) is 0 Å². The lowest BCUT2D eigenvalue weighted by atomic mass is 10.2. The third kappa shape index (κ3) is 2.97. The predicted octanol–water partition coefficient (Wildman–Crippen LogP) is 3.95. The molecule has 0 saturated carbocycles. The molecular formula is C18H14N4O2S. The van der Waals surface area contributed by atoms with Gasteiger partial charge in [-0.15, -0.1) is 11.3 Å². The van der Waals surface area contributed by atoms with Crippen LogP contribution in [-0.4, -0.2) is 28.2 Å². The van der Waals surface area contributed by atoms with Crippen LogP contribution in [-0.2, 0) is 0 Å². The second-order valence-corrected chi connectivity index (χ2v) is 6.20. The van der Waals surface area contributed by atoms with Crippen LogP contribution in [0.4, 0.5) is 5.13 Å². The van der Waals surface area contributed by atoms with Gasteiger partial charge in [0, 0.05) is 16.3 Å². The Hall–Kier alpha value is -3.19. The van der Waals surface area contributed by atoms with E-state index >= 15 is 0 Å². The number of benzene rings is 2. The molecule has 0 fully saturated rings. The molecule has 0 aliphatic rings. The van der Waals surface area contributed by atoms with Gasteiger partial charge in [-0.2, -0.15) is 5.10 Å². The van der Waals surface area contributed by atoms with Gasteiger partial charge < -0.3 is 4.74 Å². The first-order valence-electron chi connectivity index (χ1n) is 7.59. The van der Waals surface area contributed by atoms with Gasteiger partial charge in [-0.05, 0) is 30.3 Å². The zero-order valence-electron chi connectivity index (χ0n) is 13.3. The SMILES string of the molecule is COc1ccc(-c2csc(NC(=O)c3n[nH]c4ccccc34)n2)cc1. The number of ether oxygens (including phenoxy) is 1. The summed E-state index contributed by atoms with van der Waals surface area (Å²) in [4.78, 5) is 16.9. The van der Waals surface area contributed by atoms with E-state index in [4.69, 9.17) is 4.74 Å². The van der Waals surface area contributed by atoms with Crippen LogP contribution in [0.15, 0.2) is 53.9 Å². The number of carbonyl (C=O) groups is 1. The van der Waals surface area contributed by atoms with Crippen LogP contribution in [0.1, 0.15) is 10.5 Å². The number of nitrogens with zero attached hydrogens (tertiary/aromatic N) is 2. The number of aromatic nitrogens is 3. The molecule has 2 aromatic heterocycles. The molecule has 0 atom stereocenters. The first-order chi connectivity index (χ1) is 12.2. The number of aromatic amines is 1. The van der Waals surface area contributed by atoms with E-state index in [-0.39, 0.29) is 5.91 Å². The Morgan fingerprint density at radius 3 is 2.76 bits per heavy atom. The van der Waals surface area contributed by atoms with Crippen molar-refractivity contribution < 1.29 is 9.53 Å². The number of amides is 1. The van der Waals surface area contributed by atoms with Crippen LogP contribution in [0.5, 0.6) is 5.75 Å². The molecule has 0 aliphatic carbocycles. The predicted molar refractivity (Wildman–Crippen MR) is 98.1 cm³/mol. The van der Waals surface area contributed by atoms with Gasteiger partial charge in [-0.1, -0.05) is 18.2 Å². The first kappa shape index (κ1) is 15.3. The zero-order valence-corrected chi connectivity index (χ0v) is 14.1. The summed E-state index contributed by atoms with van der Waals surface area (Å²) >= 11 is 1.37. The third-order valence-electron chi connectivity index (χ3n) is 3.80. The molecule has 0 unspecified atom stereocenters. The number of fused-ring (bicyclic) bond motifs is 1. The van der Waals surface area contributed by atoms with E-state index in [1.165, 1.54) is 11.3 Å². The molecule has 1 amide bonds. The average molecular weight is 350 g/mol. The number of anilines is 1. The van der Waals surface area contributed by atoms with Crippen molar-refractivity contribution in [3.63, 3.8) is 0 Å². The Morgan fingerprint density at radius 2 is 1.96 bits per heavy atom. The van der Waals surface area contributed by atoms with Crippen molar-refractivity contribution in [1.29, 1.82) is 0 Å². The molecule has 0 saturated heterocycles. The maximum atomic E-state index is 12.5. The Balaban J connectivity index is 1.55. The van der Waals surface area contributed by atoms with E-state index in [0.717, 1.165) is 27.9 Å². The minimum Gasteiger partial charge on any atom is -0.497 e. The smallest absolute Gasteiger partial charge is 0.278 e. The Morgan fingerprint density at radius 1 is 1.16 bits per heavy atom. The second kappa shape index (κ2) is 6.37. The average Bonchev–Trinajstić information content (AvgIpc) is 3.28. The summed E-state index contributed by atoms with van der Waals surface area (Å²) in [5.41, 5.74) is 2.94. The molecule has 2 N–H and O–H groups in total. The monoisotopic (exact) mass is 350 g/mol. The fraction of sp³-hybridized carbons (Fsp3) is 0.0556. The highest BCUT2D eigenvalue weighted by atomic mass is 32.1. The van der Waals surface area contributed by atoms with Crippen molar-refractivity contribution in [2.45, 2.75) is 0 Å². The van der Waals surface area contributed by atoms with Gasteiger partial charge in [-0.3, -0.25) is 15.2 Å². The van der Waals surface area contributed by atoms with Crippen molar-refractivity contribution >= 4 is 33.3 Å². The van der Waals surface area contributed by atoms with Gasteiger partial charge in [-0.25, -0.2) is 4.98 Å². The lowest BCUT2D eigenvalue weighted by Crippen LogP contribution is -2.12. The van der Waals surface area contributed by atoms with Crippen LogP contribution in [0, 0.1) is 0 Å². The van der Waals surface area contributed by atoms with Crippen molar-refractivity contribution in [1.82, 2.24) is 15.2 Å². The standard InChI is InChI=1S/C18H14N4O2S/c1-24-12-8-6-11(7-9-12)15-10-25-18(19-15)20-17(23)16-13-4-2-3-5-14(13)21-22-16/h2-10H,1H3,(H,21,22)(H,19,20,23). The fourth-order valence-corrected chi connectivity index (χ4v) is 3.23. The Labute approximate surface area is 147 Å². The zero-order chi connectivity index (χ0) is 17.2. The van der Waals surface area contributed by atoms with Gasteiger partial charge in [0.25, 0.3) is 5.91 Å². The molecule has 124 valence electrons. The lowest BCUT2D eigenvalue weighted by molar-refractivity contribution is 0.102. The topological polar surface area (TPSA) is 79.9 Å². The molecule has 25 heavy (non-hydrogen) atoms. The van der Waals surface area contributed by atoms with Crippen LogP contribution in [0.2, 0.25) is 0 Å². The quantitative estimate of drug-likeness (QED) is 0.584. The number of para-hydroxylation sites is 1. The molecule has 0 radical (unpaired) electrons. The van der Waals surface area contributed by atoms with Crippen molar-refractivity contribution in [2.24, 2.45) is 0 Å². The highest BCUT2D eigenvalue weighted by Gasteiger charge is 2.15. The van der Waals surface area contributed by atoms with Gasteiger partial charge in [0.15, 0.2) is 10.8 Å². The molecule has 2 heterocycles. The van der Waals surface area contributed by atoms with E-state index in [9.17, 15) is 4.79 Å². The summed E-state index contributed by atoms with van der Waals surface area (Å²) in [6.07, 6.45) is 0. The van der Waals surface area contributed by atoms with Crippen LogP contribution >= 0.6 is 11.3 Å². The maximum Gasteiger partial charge on any atom is 0.278 e. The van der Waals surface area contributed by atoms with Gasteiger partial charge in [0.05, 0.1) is 18.3 Å². The van der Waals surface area contributed by atoms with Crippen LogP contribution in [0.25, 0.3) is 22.2 Å². The summed E-state index contributed by atoms with van der Waals surface area (Å²) in [7, 11) is 1.63. The molecule has 2 aromatic carbocycles. The molecular weight excluding hydrogens is 336 g/mol. The molecule has 0 bridgehead atoms. The molecule has 4 aromatic rings. The Kier molecular flexibility index (Phi) is 3.91. The van der Waals surface area contributed by atoms with E-state index in [1.54, 1.807) is 7.11 Å². The van der Waals surface area contributed by atoms with E-state index in [2.05, 4.69) is 20.5 Å². The number of carbonyl (C=O) groups excluding carboxylic acids is 1. The number of H-pyrrole nitrogens is 1.